The minimum Gasteiger partial charge on any atom is -0.349 e. The molecule has 0 aliphatic carbocycles. The maximum atomic E-state index is 12.6. The van der Waals surface area contributed by atoms with Crippen LogP contribution in [0.5, 0.6) is 0 Å². The Hall–Kier alpha value is -1.66. The van der Waals surface area contributed by atoms with E-state index < -0.39 is 0 Å². The predicted octanol–water partition coefficient (Wildman–Crippen LogP) is 4.24. The van der Waals surface area contributed by atoms with Crippen LogP contribution in [0, 0.1) is 5.92 Å². The van der Waals surface area contributed by atoms with E-state index in [2.05, 4.69) is 21.2 Å². The van der Waals surface area contributed by atoms with E-state index in [0.717, 1.165) is 34.3 Å². The summed E-state index contributed by atoms with van der Waals surface area (Å²) in [7, 11) is 0. The second-order valence-electron chi connectivity index (χ2n) is 6.35. The van der Waals surface area contributed by atoms with E-state index in [1.807, 2.05) is 53.6 Å². The summed E-state index contributed by atoms with van der Waals surface area (Å²) in [6, 6.07) is 11.6. The van der Waals surface area contributed by atoms with Crippen molar-refractivity contribution >= 4 is 39.1 Å². The Bertz CT molecular complexity index is 730. The SMILES string of the molecule is C[C@@H](NC(=O)[C@@H]1CCCN(C(=O)c2cccs2)C1)c1ccc(Br)cc1. The highest BCUT2D eigenvalue weighted by molar-refractivity contribution is 9.10. The van der Waals surface area contributed by atoms with E-state index in [1.54, 1.807) is 0 Å². The van der Waals surface area contributed by atoms with E-state index in [4.69, 9.17) is 0 Å². The van der Waals surface area contributed by atoms with Gasteiger partial charge in [-0.1, -0.05) is 34.1 Å². The fraction of sp³-hybridized carbons (Fsp3) is 0.368. The molecule has 2 atom stereocenters. The highest BCUT2D eigenvalue weighted by Gasteiger charge is 2.29. The molecule has 6 heteroatoms. The monoisotopic (exact) mass is 420 g/mol. The molecule has 2 amide bonds. The molecule has 25 heavy (non-hydrogen) atoms. The number of hydrogen-bond acceptors (Lipinski definition) is 3. The lowest BCUT2D eigenvalue weighted by Gasteiger charge is -2.32. The molecular formula is C19H21BrN2O2S. The van der Waals surface area contributed by atoms with Crippen molar-refractivity contribution in [3.63, 3.8) is 0 Å². The number of halogens is 1. The normalized spacial score (nSPS) is 18.6. The number of thiophene rings is 1. The van der Waals surface area contributed by atoms with Crippen LogP contribution in [0.15, 0.2) is 46.3 Å². The average molecular weight is 421 g/mol. The van der Waals surface area contributed by atoms with Crippen molar-refractivity contribution in [3.8, 4) is 0 Å². The zero-order valence-corrected chi connectivity index (χ0v) is 16.5. The van der Waals surface area contributed by atoms with Crippen molar-refractivity contribution in [2.45, 2.75) is 25.8 Å². The number of rotatable bonds is 4. The summed E-state index contributed by atoms with van der Waals surface area (Å²) in [6.45, 7) is 3.21. The summed E-state index contributed by atoms with van der Waals surface area (Å²) in [5, 5.41) is 4.99. The Morgan fingerprint density at radius 1 is 1.28 bits per heavy atom. The third-order valence-corrected chi connectivity index (χ3v) is 5.93. The van der Waals surface area contributed by atoms with Crippen molar-refractivity contribution in [3.05, 3.63) is 56.7 Å². The van der Waals surface area contributed by atoms with E-state index in [9.17, 15) is 9.59 Å². The Morgan fingerprint density at radius 2 is 2.04 bits per heavy atom. The van der Waals surface area contributed by atoms with Crippen LogP contribution in [0.2, 0.25) is 0 Å². The number of amides is 2. The molecule has 1 aromatic heterocycles. The molecule has 1 saturated heterocycles. The van der Waals surface area contributed by atoms with Crippen LogP contribution in [-0.2, 0) is 4.79 Å². The first-order valence-electron chi connectivity index (χ1n) is 8.43. The Kier molecular flexibility index (Phi) is 5.91. The van der Waals surface area contributed by atoms with E-state index in [0.29, 0.717) is 6.54 Å². The van der Waals surface area contributed by atoms with Crippen molar-refractivity contribution in [1.29, 1.82) is 0 Å². The van der Waals surface area contributed by atoms with Gasteiger partial charge in [0.15, 0.2) is 0 Å². The number of benzene rings is 1. The molecule has 0 radical (unpaired) electrons. The van der Waals surface area contributed by atoms with Gasteiger partial charge in [-0.05, 0) is 48.9 Å². The topological polar surface area (TPSA) is 49.4 Å². The quantitative estimate of drug-likeness (QED) is 0.803. The molecule has 1 fully saturated rings. The zero-order chi connectivity index (χ0) is 17.8. The second kappa shape index (κ2) is 8.15. The Labute approximate surface area is 160 Å². The zero-order valence-electron chi connectivity index (χ0n) is 14.1. The molecule has 4 nitrogen and oxygen atoms in total. The summed E-state index contributed by atoms with van der Waals surface area (Å²) in [4.78, 5) is 27.7. The molecule has 1 aromatic carbocycles. The van der Waals surface area contributed by atoms with Gasteiger partial charge >= 0.3 is 0 Å². The van der Waals surface area contributed by atoms with Crippen LogP contribution >= 0.6 is 27.3 Å². The smallest absolute Gasteiger partial charge is 0.263 e. The number of piperidine rings is 1. The van der Waals surface area contributed by atoms with Crippen molar-refractivity contribution in [2.75, 3.05) is 13.1 Å². The van der Waals surface area contributed by atoms with Gasteiger partial charge in [0.2, 0.25) is 5.91 Å². The lowest BCUT2D eigenvalue weighted by atomic mass is 9.96. The van der Waals surface area contributed by atoms with Crippen molar-refractivity contribution in [2.24, 2.45) is 5.92 Å². The summed E-state index contributed by atoms with van der Waals surface area (Å²) in [5.41, 5.74) is 1.07. The molecule has 132 valence electrons. The maximum Gasteiger partial charge on any atom is 0.263 e. The number of carbonyl (C=O) groups is 2. The first-order chi connectivity index (χ1) is 12.0. The summed E-state index contributed by atoms with van der Waals surface area (Å²) >= 11 is 4.87. The van der Waals surface area contributed by atoms with Gasteiger partial charge in [-0.25, -0.2) is 0 Å². The van der Waals surface area contributed by atoms with Crippen LogP contribution in [0.25, 0.3) is 0 Å². The highest BCUT2D eigenvalue weighted by atomic mass is 79.9. The molecular weight excluding hydrogens is 400 g/mol. The van der Waals surface area contributed by atoms with Gasteiger partial charge in [-0.15, -0.1) is 11.3 Å². The van der Waals surface area contributed by atoms with Crippen molar-refractivity contribution < 1.29 is 9.59 Å². The van der Waals surface area contributed by atoms with E-state index in [-0.39, 0.29) is 23.8 Å². The van der Waals surface area contributed by atoms with Gasteiger partial charge in [0.25, 0.3) is 5.91 Å². The standard InChI is InChI=1S/C19H21BrN2O2S/c1-13(14-6-8-16(20)9-7-14)21-18(23)15-4-2-10-22(12-15)19(24)17-5-3-11-25-17/h3,5-9,11,13,15H,2,4,10,12H2,1H3,(H,21,23)/t13-,15-/m1/s1. The van der Waals surface area contributed by atoms with Crippen LogP contribution in [-0.4, -0.2) is 29.8 Å². The molecule has 1 aliphatic heterocycles. The molecule has 2 heterocycles. The average Bonchev–Trinajstić information content (AvgIpc) is 3.16. The fourth-order valence-corrected chi connectivity index (χ4v) is 4.05. The highest BCUT2D eigenvalue weighted by Crippen LogP contribution is 2.22. The van der Waals surface area contributed by atoms with E-state index in [1.165, 1.54) is 11.3 Å². The van der Waals surface area contributed by atoms with Crippen LogP contribution < -0.4 is 5.32 Å². The van der Waals surface area contributed by atoms with Crippen LogP contribution in [0.3, 0.4) is 0 Å². The summed E-state index contributed by atoms with van der Waals surface area (Å²) < 4.78 is 1.02. The number of hydrogen-bond donors (Lipinski definition) is 1. The molecule has 0 bridgehead atoms. The van der Waals surface area contributed by atoms with Gasteiger partial charge in [-0.3, -0.25) is 9.59 Å². The summed E-state index contributed by atoms with van der Waals surface area (Å²) in [5.74, 6) is -0.0804. The first-order valence-corrected chi connectivity index (χ1v) is 10.1. The predicted molar refractivity (Wildman–Crippen MR) is 104 cm³/mol. The minimum atomic E-state index is -0.143. The molecule has 0 spiro atoms. The lowest BCUT2D eigenvalue weighted by Crippen LogP contribution is -2.45. The fourth-order valence-electron chi connectivity index (χ4n) is 3.10. The molecule has 2 aromatic rings. The lowest BCUT2D eigenvalue weighted by molar-refractivity contribution is -0.127. The molecule has 1 aliphatic rings. The Balaban J connectivity index is 1.60. The maximum absolute atomic E-state index is 12.6. The second-order valence-corrected chi connectivity index (χ2v) is 8.21. The molecule has 0 saturated carbocycles. The molecule has 1 N–H and O–H groups in total. The van der Waals surface area contributed by atoms with Crippen LogP contribution in [0.1, 0.15) is 41.0 Å². The number of carbonyl (C=O) groups excluding carboxylic acids is 2. The van der Waals surface area contributed by atoms with Gasteiger partial charge in [0.1, 0.15) is 0 Å². The molecule has 3 rings (SSSR count). The third kappa shape index (κ3) is 4.50. The minimum absolute atomic E-state index is 0.0269. The van der Waals surface area contributed by atoms with Gasteiger partial charge in [-0.2, -0.15) is 0 Å². The Morgan fingerprint density at radius 3 is 2.72 bits per heavy atom. The first kappa shape index (κ1) is 18.1. The number of nitrogens with one attached hydrogen (secondary N) is 1. The van der Waals surface area contributed by atoms with E-state index >= 15 is 0 Å². The van der Waals surface area contributed by atoms with Gasteiger partial charge in [0.05, 0.1) is 16.8 Å². The third-order valence-electron chi connectivity index (χ3n) is 4.54. The number of likely N-dealkylation sites (tertiary alicyclic amines) is 1. The molecule has 0 unspecified atom stereocenters. The number of nitrogens with zero attached hydrogens (tertiary/aromatic N) is 1. The summed E-state index contributed by atoms with van der Waals surface area (Å²) in [6.07, 6.45) is 1.69. The largest absolute Gasteiger partial charge is 0.349 e. The van der Waals surface area contributed by atoms with Gasteiger partial charge in [0, 0.05) is 17.6 Å². The van der Waals surface area contributed by atoms with Crippen molar-refractivity contribution in [1.82, 2.24) is 10.2 Å². The van der Waals surface area contributed by atoms with Gasteiger partial charge < -0.3 is 10.2 Å². The van der Waals surface area contributed by atoms with Crippen LogP contribution in [0.4, 0.5) is 0 Å².